The summed E-state index contributed by atoms with van der Waals surface area (Å²) in [5, 5.41) is 0. The second kappa shape index (κ2) is 9.60. The molecule has 0 fully saturated rings. The number of oxazole rings is 1. The Morgan fingerprint density at radius 1 is 1.19 bits per heavy atom. The van der Waals surface area contributed by atoms with Gasteiger partial charge >= 0.3 is 5.97 Å². The molecule has 0 spiro atoms. The average Bonchev–Trinajstić information content (AvgIpc) is 3.14. The van der Waals surface area contributed by atoms with E-state index in [2.05, 4.69) is 16.6 Å². The van der Waals surface area contributed by atoms with E-state index in [0.717, 1.165) is 19.3 Å². The number of amides is 1. The Labute approximate surface area is 152 Å². The fraction of sp³-hybridized carbons (Fsp3) is 0.421. The van der Waals surface area contributed by atoms with E-state index in [9.17, 15) is 9.59 Å². The van der Waals surface area contributed by atoms with E-state index in [1.807, 2.05) is 6.07 Å². The highest BCUT2D eigenvalue weighted by Gasteiger charge is 2.22. The lowest BCUT2D eigenvalue weighted by Gasteiger charge is -2.22. The molecule has 0 N–H and O–H groups in total. The smallest absolute Gasteiger partial charge is 0.360 e. The Morgan fingerprint density at radius 2 is 1.96 bits per heavy atom. The summed E-state index contributed by atoms with van der Waals surface area (Å²) in [5.74, 6) is 0.0516. The molecule has 0 aliphatic carbocycles. The molecule has 7 nitrogen and oxygen atoms in total. The van der Waals surface area contributed by atoms with Gasteiger partial charge in [-0.25, -0.2) is 9.78 Å². The number of aromatic nitrogens is 1. The molecular formula is C19H24N2O5. The first-order chi connectivity index (χ1) is 12.6. The van der Waals surface area contributed by atoms with Gasteiger partial charge in [-0.05, 0) is 18.6 Å². The zero-order valence-electron chi connectivity index (χ0n) is 15.4. The van der Waals surface area contributed by atoms with Gasteiger partial charge < -0.3 is 18.8 Å². The van der Waals surface area contributed by atoms with Gasteiger partial charge in [0.1, 0.15) is 12.0 Å². The molecule has 0 atom stereocenters. The summed E-state index contributed by atoms with van der Waals surface area (Å²) in [5.41, 5.74) is 0.562. The Bertz CT molecular complexity index is 741. The van der Waals surface area contributed by atoms with Crippen molar-refractivity contribution in [2.45, 2.75) is 32.7 Å². The van der Waals surface area contributed by atoms with Crippen LogP contribution in [0.3, 0.4) is 0 Å². The number of nitrogens with zero attached hydrogens (tertiary/aromatic N) is 2. The van der Waals surface area contributed by atoms with Gasteiger partial charge in [0.2, 0.25) is 5.89 Å². The topological polar surface area (TPSA) is 81.9 Å². The van der Waals surface area contributed by atoms with Crippen LogP contribution in [0.5, 0.6) is 5.75 Å². The van der Waals surface area contributed by atoms with Gasteiger partial charge in [-0.15, -0.1) is 0 Å². The minimum absolute atomic E-state index is 0.0840. The van der Waals surface area contributed by atoms with Crippen LogP contribution < -0.4 is 4.74 Å². The Hall–Kier alpha value is -2.83. The van der Waals surface area contributed by atoms with Crippen molar-refractivity contribution in [3.8, 4) is 5.75 Å². The SMILES string of the molecule is CCCCCN(Cc1nc(C(=O)OC)co1)C(=O)c1ccccc1OC. The maximum atomic E-state index is 13.0. The zero-order chi connectivity index (χ0) is 18.9. The largest absolute Gasteiger partial charge is 0.496 e. The number of methoxy groups -OCH3 is 2. The van der Waals surface area contributed by atoms with Crippen molar-refractivity contribution in [3.63, 3.8) is 0 Å². The first-order valence-corrected chi connectivity index (χ1v) is 8.55. The molecule has 1 heterocycles. The van der Waals surface area contributed by atoms with E-state index in [1.165, 1.54) is 20.5 Å². The van der Waals surface area contributed by atoms with Gasteiger partial charge in [0.05, 0.1) is 26.3 Å². The summed E-state index contributed by atoms with van der Waals surface area (Å²) in [6, 6.07) is 7.08. The normalized spacial score (nSPS) is 10.4. The lowest BCUT2D eigenvalue weighted by atomic mass is 10.1. The third-order valence-electron chi connectivity index (χ3n) is 3.93. The number of hydrogen-bond donors (Lipinski definition) is 0. The predicted octanol–water partition coefficient (Wildman–Crippen LogP) is 3.30. The number of hydrogen-bond acceptors (Lipinski definition) is 6. The van der Waals surface area contributed by atoms with E-state index in [0.29, 0.717) is 17.9 Å². The number of carbonyl (C=O) groups is 2. The van der Waals surface area contributed by atoms with Crippen LogP contribution in [0, 0.1) is 0 Å². The third kappa shape index (κ3) is 4.84. The third-order valence-corrected chi connectivity index (χ3v) is 3.93. The quantitative estimate of drug-likeness (QED) is 0.504. The Morgan fingerprint density at radius 3 is 2.65 bits per heavy atom. The first-order valence-electron chi connectivity index (χ1n) is 8.55. The molecule has 0 saturated carbocycles. The first kappa shape index (κ1) is 19.5. The number of para-hydroxylation sites is 1. The molecule has 1 aromatic heterocycles. The lowest BCUT2D eigenvalue weighted by Crippen LogP contribution is -2.32. The van der Waals surface area contributed by atoms with Crippen LogP contribution in [-0.2, 0) is 11.3 Å². The highest BCUT2D eigenvalue weighted by atomic mass is 16.5. The Kier molecular flexibility index (Phi) is 7.20. The molecule has 0 aliphatic heterocycles. The molecule has 1 aromatic carbocycles. The number of rotatable bonds is 9. The fourth-order valence-corrected chi connectivity index (χ4v) is 2.54. The van der Waals surface area contributed by atoms with Gasteiger partial charge in [-0.2, -0.15) is 0 Å². The lowest BCUT2D eigenvalue weighted by molar-refractivity contribution is 0.0594. The van der Waals surface area contributed by atoms with Gasteiger partial charge in [0.15, 0.2) is 5.69 Å². The number of ether oxygens (including phenoxy) is 2. The van der Waals surface area contributed by atoms with Crippen molar-refractivity contribution in [3.05, 3.63) is 47.7 Å². The maximum absolute atomic E-state index is 13.0. The number of esters is 1. The molecule has 7 heteroatoms. The number of benzene rings is 1. The second-order valence-corrected chi connectivity index (χ2v) is 5.75. The van der Waals surface area contributed by atoms with E-state index in [-0.39, 0.29) is 24.0 Å². The highest BCUT2D eigenvalue weighted by Crippen LogP contribution is 2.21. The van der Waals surface area contributed by atoms with Crippen LogP contribution in [0.2, 0.25) is 0 Å². The van der Waals surface area contributed by atoms with Crippen molar-refractivity contribution >= 4 is 11.9 Å². The van der Waals surface area contributed by atoms with E-state index < -0.39 is 5.97 Å². The summed E-state index contributed by atoms with van der Waals surface area (Å²) in [7, 11) is 2.81. The molecule has 140 valence electrons. The maximum Gasteiger partial charge on any atom is 0.360 e. The molecule has 0 radical (unpaired) electrons. The number of carbonyl (C=O) groups excluding carboxylic acids is 2. The fourth-order valence-electron chi connectivity index (χ4n) is 2.54. The molecule has 2 rings (SSSR count). The van der Waals surface area contributed by atoms with Crippen LogP contribution in [0.25, 0.3) is 0 Å². The molecule has 0 bridgehead atoms. The van der Waals surface area contributed by atoms with Gasteiger partial charge in [-0.3, -0.25) is 4.79 Å². The minimum atomic E-state index is -0.575. The van der Waals surface area contributed by atoms with E-state index in [4.69, 9.17) is 9.15 Å². The summed E-state index contributed by atoms with van der Waals surface area (Å²) in [6.07, 6.45) is 4.15. The second-order valence-electron chi connectivity index (χ2n) is 5.75. The van der Waals surface area contributed by atoms with E-state index in [1.54, 1.807) is 23.1 Å². The van der Waals surface area contributed by atoms with Gasteiger partial charge in [-0.1, -0.05) is 31.9 Å². The molecule has 0 aliphatic rings. The standard InChI is InChI=1S/C19H24N2O5/c1-4-5-8-11-21(12-17-20-15(13-26-17)19(23)25-3)18(22)14-9-6-7-10-16(14)24-2/h6-7,9-10,13H,4-5,8,11-12H2,1-3H3. The van der Waals surface area contributed by atoms with Crippen LogP contribution in [-0.4, -0.2) is 42.5 Å². The van der Waals surface area contributed by atoms with Crippen molar-refractivity contribution in [1.29, 1.82) is 0 Å². The van der Waals surface area contributed by atoms with Crippen LogP contribution in [0.4, 0.5) is 0 Å². The van der Waals surface area contributed by atoms with Crippen LogP contribution in [0.1, 0.15) is 52.9 Å². The van der Waals surface area contributed by atoms with Crippen molar-refractivity contribution in [2.75, 3.05) is 20.8 Å². The molecule has 0 saturated heterocycles. The molecule has 26 heavy (non-hydrogen) atoms. The highest BCUT2D eigenvalue weighted by molar-refractivity contribution is 5.96. The van der Waals surface area contributed by atoms with Gasteiger partial charge in [0, 0.05) is 6.54 Å². The van der Waals surface area contributed by atoms with Crippen molar-refractivity contribution < 1.29 is 23.5 Å². The van der Waals surface area contributed by atoms with Crippen LogP contribution >= 0.6 is 0 Å². The van der Waals surface area contributed by atoms with E-state index >= 15 is 0 Å². The summed E-state index contributed by atoms with van der Waals surface area (Å²) in [4.78, 5) is 30.3. The number of unbranched alkanes of at least 4 members (excludes halogenated alkanes) is 2. The molecule has 2 aromatic rings. The monoisotopic (exact) mass is 360 g/mol. The predicted molar refractivity (Wildman–Crippen MR) is 95.1 cm³/mol. The van der Waals surface area contributed by atoms with Crippen molar-refractivity contribution in [2.24, 2.45) is 0 Å². The molecule has 0 unspecified atom stereocenters. The minimum Gasteiger partial charge on any atom is -0.496 e. The Balaban J connectivity index is 2.20. The molecular weight excluding hydrogens is 336 g/mol. The van der Waals surface area contributed by atoms with Crippen molar-refractivity contribution in [1.82, 2.24) is 9.88 Å². The van der Waals surface area contributed by atoms with Crippen LogP contribution in [0.15, 0.2) is 34.9 Å². The summed E-state index contributed by atoms with van der Waals surface area (Å²) in [6.45, 7) is 2.82. The average molecular weight is 360 g/mol. The van der Waals surface area contributed by atoms with Gasteiger partial charge in [0.25, 0.3) is 5.91 Å². The zero-order valence-corrected chi connectivity index (χ0v) is 15.4. The summed E-state index contributed by atoms with van der Waals surface area (Å²) < 4.78 is 15.2. The summed E-state index contributed by atoms with van der Waals surface area (Å²) >= 11 is 0. The molecule has 1 amide bonds.